The quantitative estimate of drug-likeness (QED) is 0.785. The highest BCUT2D eigenvalue weighted by atomic mass is 35.5. The molecule has 0 amide bonds. The molecule has 0 saturated carbocycles. The number of aryl methyl sites for hydroxylation is 1. The van der Waals surface area contributed by atoms with E-state index < -0.39 is 10.0 Å². The maximum absolute atomic E-state index is 12.9. The van der Waals surface area contributed by atoms with Crippen LogP contribution in [-0.2, 0) is 15.9 Å². The van der Waals surface area contributed by atoms with Gasteiger partial charge in [-0.05, 0) is 18.8 Å². The van der Waals surface area contributed by atoms with Crippen molar-refractivity contribution in [1.29, 1.82) is 0 Å². The van der Waals surface area contributed by atoms with Gasteiger partial charge in [-0.25, -0.2) is 8.42 Å². The standard InChI is InChI=1S/C13H24ClN3O2S/c1-9(2)7-17(8-10(3)4)20(18,19)13-11(5)15-16-12(13)6-14/h9-10H,6-8H2,1-5H3,(H,15,16). The summed E-state index contributed by atoms with van der Waals surface area (Å²) in [6.45, 7) is 10.7. The van der Waals surface area contributed by atoms with E-state index in [1.165, 1.54) is 4.31 Å². The molecule has 0 atom stereocenters. The number of halogens is 1. The van der Waals surface area contributed by atoms with Crippen LogP contribution in [0.5, 0.6) is 0 Å². The molecule has 0 unspecified atom stereocenters. The number of hydrogen-bond donors (Lipinski definition) is 1. The molecule has 0 bridgehead atoms. The van der Waals surface area contributed by atoms with Crippen LogP contribution in [-0.4, -0.2) is 36.0 Å². The number of sulfonamides is 1. The Hall–Kier alpha value is -0.590. The lowest BCUT2D eigenvalue weighted by molar-refractivity contribution is 0.333. The van der Waals surface area contributed by atoms with Gasteiger partial charge in [-0.15, -0.1) is 11.6 Å². The van der Waals surface area contributed by atoms with Crippen LogP contribution in [0.2, 0.25) is 0 Å². The van der Waals surface area contributed by atoms with Gasteiger partial charge in [-0.3, -0.25) is 5.10 Å². The number of aromatic nitrogens is 2. The zero-order valence-corrected chi connectivity index (χ0v) is 14.3. The topological polar surface area (TPSA) is 66.1 Å². The first-order chi connectivity index (χ1) is 9.20. The first-order valence-electron chi connectivity index (χ1n) is 6.80. The fourth-order valence-corrected chi connectivity index (χ4v) is 4.48. The van der Waals surface area contributed by atoms with Gasteiger partial charge in [0.05, 0.1) is 17.3 Å². The first kappa shape index (κ1) is 17.5. The Labute approximate surface area is 126 Å². The van der Waals surface area contributed by atoms with E-state index in [1.54, 1.807) is 6.92 Å². The highest BCUT2D eigenvalue weighted by Crippen LogP contribution is 2.25. The van der Waals surface area contributed by atoms with Gasteiger partial charge in [0.2, 0.25) is 10.0 Å². The average molecular weight is 322 g/mol. The van der Waals surface area contributed by atoms with Crippen molar-refractivity contribution < 1.29 is 8.42 Å². The summed E-state index contributed by atoms with van der Waals surface area (Å²) in [4.78, 5) is 0.230. The van der Waals surface area contributed by atoms with Crippen LogP contribution < -0.4 is 0 Å². The second kappa shape index (κ2) is 6.91. The van der Waals surface area contributed by atoms with Crippen LogP contribution in [0.15, 0.2) is 4.90 Å². The van der Waals surface area contributed by atoms with Gasteiger partial charge in [-0.2, -0.15) is 9.40 Å². The maximum atomic E-state index is 12.9. The molecule has 0 radical (unpaired) electrons. The molecule has 1 heterocycles. The molecule has 1 aromatic heterocycles. The van der Waals surface area contributed by atoms with Crippen molar-refractivity contribution in [2.75, 3.05) is 13.1 Å². The van der Waals surface area contributed by atoms with Crippen LogP contribution >= 0.6 is 11.6 Å². The minimum absolute atomic E-state index is 0.0795. The largest absolute Gasteiger partial charge is 0.281 e. The lowest BCUT2D eigenvalue weighted by Crippen LogP contribution is -2.37. The third kappa shape index (κ3) is 3.96. The van der Waals surface area contributed by atoms with Gasteiger partial charge >= 0.3 is 0 Å². The lowest BCUT2D eigenvalue weighted by Gasteiger charge is -2.25. The third-order valence-electron chi connectivity index (χ3n) is 2.82. The Bertz CT molecular complexity index is 528. The van der Waals surface area contributed by atoms with Crippen molar-refractivity contribution in [1.82, 2.24) is 14.5 Å². The van der Waals surface area contributed by atoms with E-state index in [4.69, 9.17) is 11.6 Å². The Morgan fingerprint density at radius 1 is 1.20 bits per heavy atom. The molecule has 0 fully saturated rings. The van der Waals surface area contributed by atoms with E-state index in [2.05, 4.69) is 10.2 Å². The molecule has 0 aliphatic heterocycles. The Morgan fingerprint density at radius 2 is 1.70 bits per heavy atom. The van der Waals surface area contributed by atoms with E-state index in [0.717, 1.165) is 0 Å². The summed E-state index contributed by atoms with van der Waals surface area (Å²) in [5.74, 6) is 0.598. The van der Waals surface area contributed by atoms with Gasteiger partial charge in [0.15, 0.2) is 0 Å². The summed E-state index contributed by atoms with van der Waals surface area (Å²) in [7, 11) is -3.57. The third-order valence-corrected chi connectivity index (χ3v) is 5.11. The predicted octanol–water partition coefficient (Wildman–Crippen LogP) is 2.76. The molecule has 0 saturated heterocycles. The zero-order chi connectivity index (χ0) is 15.5. The molecular formula is C13H24ClN3O2S. The van der Waals surface area contributed by atoms with E-state index in [1.807, 2.05) is 27.7 Å². The maximum Gasteiger partial charge on any atom is 0.246 e. The van der Waals surface area contributed by atoms with Crippen LogP contribution in [0.1, 0.15) is 39.1 Å². The summed E-state index contributed by atoms with van der Waals surface area (Å²) < 4.78 is 27.3. The molecule has 7 heteroatoms. The van der Waals surface area contributed by atoms with Crippen LogP contribution in [0.4, 0.5) is 0 Å². The smallest absolute Gasteiger partial charge is 0.246 e. The minimum atomic E-state index is -3.57. The Kier molecular flexibility index (Phi) is 6.04. The van der Waals surface area contributed by atoms with Crippen molar-refractivity contribution in [2.24, 2.45) is 11.8 Å². The average Bonchev–Trinajstić information content (AvgIpc) is 2.68. The number of rotatable bonds is 7. The SMILES string of the molecule is Cc1[nH]nc(CCl)c1S(=O)(=O)N(CC(C)C)CC(C)C. The van der Waals surface area contributed by atoms with Crippen LogP contribution in [0, 0.1) is 18.8 Å². The summed E-state index contributed by atoms with van der Waals surface area (Å²) in [6.07, 6.45) is 0. The van der Waals surface area contributed by atoms with Crippen molar-refractivity contribution in [3.8, 4) is 0 Å². The number of nitrogens with one attached hydrogen (secondary N) is 1. The number of aromatic amines is 1. The molecular weight excluding hydrogens is 298 g/mol. The first-order valence-corrected chi connectivity index (χ1v) is 8.77. The Balaban J connectivity index is 3.24. The van der Waals surface area contributed by atoms with Gasteiger partial charge < -0.3 is 0 Å². The summed E-state index contributed by atoms with van der Waals surface area (Å²) in [5, 5.41) is 6.69. The minimum Gasteiger partial charge on any atom is -0.281 e. The molecule has 1 N–H and O–H groups in total. The Morgan fingerprint density at radius 3 is 2.10 bits per heavy atom. The zero-order valence-electron chi connectivity index (χ0n) is 12.8. The van der Waals surface area contributed by atoms with Crippen LogP contribution in [0.3, 0.4) is 0 Å². The van der Waals surface area contributed by atoms with Gasteiger partial charge in [-0.1, -0.05) is 27.7 Å². The second-order valence-corrected chi connectivity index (χ2v) is 8.01. The molecule has 0 aliphatic carbocycles. The second-order valence-electron chi connectivity index (χ2n) is 5.87. The highest BCUT2D eigenvalue weighted by Gasteiger charge is 2.31. The molecule has 0 aromatic carbocycles. The molecule has 0 aliphatic rings. The fraction of sp³-hybridized carbons (Fsp3) is 0.769. The van der Waals surface area contributed by atoms with E-state index in [-0.39, 0.29) is 22.6 Å². The van der Waals surface area contributed by atoms with Gasteiger partial charge in [0, 0.05) is 13.1 Å². The van der Waals surface area contributed by atoms with E-state index in [9.17, 15) is 8.42 Å². The lowest BCUT2D eigenvalue weighted by atomic mass is 10.2. The summed E-state index contributed by atoms with van der Waals surface area (Å²) in [6, 6.07) is 0. The molecule has 1 rings (SSSR count). The van der Waals surface area contributed by atoms with Gasteiger partial charge in [0.25, 0.3) is 0 Å². The van der Waals surface area contributed by atoms with Crippen molar-refractivity contribution >= 4 is 21.6 Å². The number of H-pyrrole nitrogens is 1. The van der Waals surface area contributed by atoms with Crippen molar-refractivity contribution in [3.63, 3.8) is 0 Å². The molecule has 1 aromatic rings. The van der Waals surface area contributed by atoms with Crippen molar-refractivity contribution in [2.45, 2.75) is 45.4 Å². The summed E-state index contributed by atoms with van der Waals surface area (Å²) >= 11 is 5.80. The highest BCUT2D eigenvalue weighted by molar-refractivity contribution is 7.89. The number of alkyl halides is 1. The molecule has 116 valence electrons. The van der Waals surface area contributed by atoms with Crippen LogP contribution in [0.25, 0.3) is 0 Å². The molecule has 5 nitrogen and oxygen atoms in total. The number of hydrogen-bond acceptors (Lipinski definition) is 3. The fourth-order valence-electron chi connectivity index (χ4n) is 2.12. The van der Waals surface area contributed by atoms with E-state index in [0.29, 0.717) is 24.5 Å². The van der Waals surface area contributed by atoms with Gasteiger partial charge in [0.1, 0.15) is 4.90 Å². The van der Waals surface area contributed by atoms with Crippen molar-refractivity contribution in [3.05, 3.63) is 11.4 Å². The molecule has 0 spiro atoms. The molecule has 20 heavy (non-hydrogen) atoms. The van der Waals surface area contributed by atoms with E-state index >= 15 is 0 Å². The predicted molar refractivity (Wildman–Crippen MR) is 81.3 cm³/mol. The normalized spacial score (nSPS) is 12.8. The monoisotopic (exact) mass is 321 g/mol. The number of nitrogens with zero attached hydrogens (tertiary/aromatic N) is 2. The summed E-state index contributed by atoms with van der Waals surface area (Å²) in [5.41, 5.74) is 0.930.